The van der Waals surface area contributed by atoms with Crippen LogP contribution in [0.2, 0.25) is 0 Å². The molecule has 0 bridgehead atoms. The number of esters is 1. The summed E-state index contributed by atoms with van der Waals surface area (Å²) in [6, 6.07) is 6.76. The third-order valence-electron chi connectivity index (χ3n) is 4.57. The summed E-state index contributed by atoms with van der Waals surface area (Å²) < 4.78 is 6.86. The van der Waals surface area contributed by atoms with Crippen molar-refractivity contribution in [1.29, 1.82) is 0 Å². The van der Waals surface area contributed by atoms with Gasteiger partial charge in [-0.05, 0) is 63.3 Å². The van der Waals surface area contributed by atoms with E-state index < -0.39 is 12.1 Å². The third kappa shape index (κ3) is 5.26. The Bertz CT molecular complexity index is 797. The maximum atomic E-state index is 12.2. The molecule has 3 rings (SSSR count). The van der Waals surface area contributed by atoms with E-state index in [2.05, 4.69) is 21.5 Å². The molecule has 27 heavy (non-hydrogen) atoms. The van der Waals surface area contributed by atoms with Crippen LogP contribution in [-0.2, 0) is 9.53 Å². The Hall–Kier alpha value is -2.96. The van der Waals surface area contributed by atoms with Crippen LogP contribution in [0.25, 0.3) is 5.69 Å². The average molecular weight is 368 g/mol. The molecule has 2 aromatic rings. The van der Waals surface area contributed by atoms with Crippen LogP contribution < -0.4 is 5.32 Å². The van der Waals surface area contributed by atoms with Gasteiger partial charge in [0, 0.05) is 6.54 Å². The molecule has 0 aliphatic heterocycles. The highest BCUT2D eigenvalue weighted by Gasteiger charge is 2.18. The highest BCUT2D eigenvalue weighted by atomic mass is 16.5. The molecule has 0 fully saturated rings. The van der Waals surface area contributed by atoms with Crippen molar-refractivity contribution < 1.29 is 14.3 Å². The minimum absolute atomic E-state index is 0.279. The number of amides is 1. The summed E-state index contributed by atoms with van der Waals surface area (Å²) >= 11 is 0. The van der Waals surface area contributed by atoms with Crippen molar-refractivity contribution in [1.82, 2.24) is 20.1 Å². The Balaban J connectivity index is 1.46. The van der Waals surface area contributed by atoms with Gasteiger partial charge in [0.2, 0.25) is 0 Å². The largest absolute Gasteiger partial charge is 0.449 e. The lowest BCUT2D eigenvalue weighted by Gasteiger charge is -2.15. The van der Waals surface area contributed by atoms with Crippen LogP contribution in [0.4, 0.5) is 0 Å². The van der Waals surface area contributed by atoms with Crippen LogP contribution in [0.1, 0.15) is 49.4 Å². The molecular weight excluding hydrogens is 344 g/mol. The minimum atomic E-state index is -0.840. The Labute approximate surface area is 158 Å². The molecule has 1 amide bonds. The van der Waals surface area contributed by atoms with Gasteiger partial charge in [-0.1, -0.05) is 11.6 Å². The van der Waals surface area contributed by atoms with Crippen molar-refractivity contribution in [2.45, 2.75) is 45.1 Å². The first-order valence-corrected chi connectivity index (χ1v) is 9.25. The van der Waals surface area contributed by atoms with E-state index >= 15 is 0 Å². The molecule has 1 aromatic carbocycles. The Kier molecular flexibility index (Phi) is 6.35. The molecule has 0 unspecified atom stereocenters. The number of hydrogen-bond acceptors (Lipinski definition) is 5. The molecule has 1 N–H and O–H groups in total. The number of nitrogens with one attached hydrogen (secondary N) is 1. The highest BCUT2D eigenvalue weighted by Crippen LogP contribution is 2.19. The molecule has 1 aliphatic rings. The molecule has 1 aromatic heterocycles. The monoisotopic (exact) mass is 368 g/mol. The number of carbonyl (C=O) groups is 2. The smallest absolute Gasteiger partial charge is 0.338 e. The normalized spacial score (nSPS) is 14.9. The van der Waals surface area contributed by atoms with Gasteiger partial charge in [-0.3, -0.25) is 4.79 Å². The van der Waals surface area contributed by atoms with Crippen LogP contribution in [0, 0.1) is 0 Å². The summed E-state index contributed by atoms with van der Waals surface area (Å²) in [5.74, 6) is -0.809. The van der Waals surface area contributed by atoms with Crippen molar-refractivity contribution in [2.24, 2.45) is 0 Å². The first kappa shape index (κ1) is 18.8. The van der Waals surface area contributed by atoms with Gasteiger partial charge in [-0.15, -0.1) is 0 Å². The van der Waals surface area contributed by atoms with Crippen LogP contribution in [0.5, 0.6) is 0 Å². The lowest BCUT2D eigenvalue weighted by atomic mass is 9.97. The number of nitrogens with zero attached hydrogens (tertiary/aromatic N) is 3. The number of hydrogen-bond donors (Lipinski definition) is 1. The molecule has 0 saturated carbocycles. The topological polar surface area (TPSA) is 86.1 Å². The second-order valence-electron chi connectivity index (χ2n) is 6.58. The molecule has 0 spiro atoms. The van der Waals surface area contributed by atoms with E-state index in [0.717, 1.165) is 24.9 Å². The molecule has 7 nitrogen and oxygen atoms in total. The lowest BCUT2D eigenvalue weighted by molar-refractivity contribution is -0.129. The zero-order valence-corrected chi connectivity index (χ0v) is 15.4. The fourth-order valence-electron chi connectivity index (χ4n) is 3.00. The molecule has 1 atom stereocenters. The van der Waals surface area contributed by atoms with Crippen molar-refractivity contribution in [3.05, 3.63) is 54.1 Å². The molecule has 142 valence electrons. The van der Waals surface area contributed by atoms with Gasteiger partial charge >= 0.3 is 5.97 Å². The van der Waals surface area contributed by atoms with E-state index in [4.69, 9.17) is 4.74 Å². The SMILES string of the molecule is C[C@@H](OC(=O)c1ccc(-n2cncn2)cc1)C(=O)NCCC1=CCCCC1. The van der Waals surface area contributed by atoms with E-state index in [1.807, 2.05) is 0 Å². The van der Waals surface area contributed by atoms with E-state index in [1.165, 1.54) is 24.7 Å². The summed E-state index contributed by atoms with van der Waals surface area (Å²) in [6.07, 6.45) is 10.0. The molecule has 0 radical (unpaired) electrons. The fraction of sp³-hybridized carbons (Fsp3) is 0.400. The van der Waals surface area contributed by atoms with Gasteiger partial charge < -0.3 is 10.1 Å². The summed E-state index contributed by atoms with van der Waals surface area (Å²) in [5, 5.41) is 6.87. The summed E-state index contributed by atoms with van der Waals surface area (Å²) in [4.78, 5) is 28.2. The lowest BCUT2D eigenvalue weighted by Crippen LogP contribution is -2.36. The van der Waals surface area contributed by atoms with Crippen molar-refractivity contribution >= 4 is 11.9 Å². The number of allylic oxidation sites excluding steroid dienone is 1. The second-order valence-corrected chi connectivity index (χ2v) is 6.58. The van der Waals surface area contributed by atoms with E-state index in [9.17, 15) is 9.59 Å². The number of aromatic nitrogens is 3. The predicted molar refractivity (Wildman–Crippen MR) is 100 cm³/mol. The van der Waals surface area contributed by atoms with Gasteiger partial charge in [-0.2, -0.15) is 5.10 Å². The highest BCUT2D eigenvalue weighted by molar-refractivity contribution is 5.92. The van der Waals surface area contributed by atoms with Gasteiger partial charge in [0.05, 0.1) is 11.3 Å². The summed E-state index contributed by atoms with van der Waals surface area (Å²) in [6.45, 7) is 2.15. The number of ether oxygens (including phenoxy) is 1. The van der Waals surface area contributed by atoms with Crippen molar-refractivity contribution in [3.63, 3.8) is 0 Å². The molecule has 7 heteroatoms. The predicted octanol–water partition coefficient (Wildman–Crippen LogP) is 2.82. The minimum Gasteiger partial charge on any atom is -0.449 e. The van der Waals surface area contributed by atoms with Crippen LogP contribution in [0.3, 0.4) is 0 Å². The van der Waals surface area contributed by atoms with Gasteiger partial charge in [-0.25, -0.2) is 14.5 Å². The van der Waals surface area contributed by atoms with E-state index in [-0.39, 0.29) is 5.91 Å². The van der Waals surface area contributed by atoms with Crippen LogP contribution in [-0.4, -0.2) is 39.3 Å². The maximum Gasteiger partial charge on any atom is 0.338 e. The van der Waals surface area contributed by atoms with E-state index in [1.54, 1.807) is 42.2 Å². The Morgan fingerprint density at radius 2 is 2.07 bits per heavy atom. The van der Waals surface area contributed by atoms with Crippen LogP contribution in [0.15, 0.2) is 48.6 Å². The molecule has 1 aliphatic carbocycles. The maximum absolute atomic E-state index is 12.2. The zero-order valence-electron chi connectivity index (χ0n) is 15.4. The first-order valence-electron chi connectivity index (χ1n) is 9.25. The molecular formula is C20H24N4O3. The quantitative estimate of drug-likeness (QED) is 0.600. The van der Waals surface area contributed by atoms with E-state index in [0.29, 0.717) is 12.1 Å². The standard InChI is InChI=1S/C20H24N4O3/c1-15(19(25)22-12-11-16-5-3-2-4-6-16)27-20(26)17-7-9-18(10-8-17)24-14-21-13-23-24/h5,7-10,13-15H,2-4,6,11-12H2,1H3,(H,22,25)/t15-/m1/s1. The van der Waals surface area contributed by atoms with Crippen LogP contribution >= 0.6 is 0 Å². The molecule has 0 saturated heterocycles. The number of benzene rings is 1. The second kappa shape index (κ2) is 9.12. The average Bonchev–Trinajstić information content (AvgIpc) is 3.23. The van der Waals surface area contributed by atoms with Gasteiger partial charge in [0.25, 0.3) is 5.91 Å². The Morgan fingerprint density at radius 3 is 2.74 bits per heavy atom. The fourth-order valence-corrected chi connectivity index (χ4v) is 3.00. The van der Waals surface area contributed by atoms with Crippen molar-refractivity contribution in [2.75, 3.05) is 6.54 Å². The van der Waals surface area contributed by atoms with Crippen molar-refractivity contribution in [3.8, 4) is 5.69 Å². The summed E-state index contributed by atoms with van der Waals surface area (Å²) in [7, 11) is 0. The van der Waals surface area contributed by atoms with Gasteiger partial charge in [0.1, 0.15) is 12.7 Å². The molecule has 1 heterocycles. The zero-order chi connectivity index (χ0) is 19.1. The number of carbonyl (C=O) groups excluding carboxylic acids is 2. The van der Waals surface area contributed by atoms with Gasteiger partial charge in [0.15, 0.2) is 6.10 Å². The number of rotatable bonds is 7. The summed E-state index contributed by atoms with van der Waals surface area (Å²) in [5.41, 5.74) is 2.57. The Morgan fingerprint density at radius 1 is 1.26 bits per heavy atom. The first-order chi connectivity index (χ1) is 13.1. The third-order valence-corrected chi connectivity index (χ3v) is 4.57.